The van der Waals surface area contributed by atoms with Crippen LogP contribution in [0.25, 0.3) is 0 Å². The van der Waals surface area contributed by atoms with Gasteiger partial charge in [-0.05, 0) is 25.0 Å². The number of ketones is 1. The van der Waals surface area contributed by atoms with Gasteiger partial charge in [0.1, 0.15) is 11.2 Å². The van der Waals surface area contributed by atoms with Gasteiger partial charge in [0, 0.05) is 6.42 Å². The van der Waals surface area contributed by atoms with E-state index in [4.69, 9.17) is 9.47 Å². The molecule has 0 aromatic heterocycles. The van der Waals surface area contributed by atoms with Gasteiger partial charge >= 0.3 is 5.97 Å². The molecule has 4 nitrogen and oxygen atoms in total. The Morgan fingerprint density at radius 3 is 2.79 bits per heavy atom. The lowest BCUT2D eigenvalue weighted by molar-refractivity contribution is -0.150. The second-order valence-corrected chi connectivity index (χ2v) is 4.63. The molecule has 1 fully saturated rings. The molecule has 0 radical (unpaired) electrons. The molecule has 0 spiro atoms. The van der Waals surface area contributed by atoms with Gasteiger partial charge < -0.3 is 9.47 Å². The normalized spacial score (nSPS) is 22.2. The minimum absolute atomic E-state index is 0.00417. The van der Waals surface area contributed by atoms with E-state index in [0.717, 1.165) is 0 Å². The highest BCUT2D eigenvalue weighted by Crippen LogP contribution is 2.36. The van der Waals surface area contributed by atoms with Gasteiger partial charge in [-0.25, -0.2) is 4.39 Å². The molecule has 2 rings (SSSR count). The lowest BCUT2D eigenvalue weighted by atomic mass is 9.77. The Morgan fingerprint density at radius 2 is 2.26 bits per heavy atom. The first-order valence-corrected chi connectivity index (χ1v) is 6.01. The van der Waals surface area contributed by atoms with E-state index in [0.29, 0.717) is 0 Å². The molecular weight excluding hydrogens is 251 g/mol. The molecular formula is C14H15FO4. The summed E-state index contributed by atoms with van der Waals surface area (Å²) in [5.74, 6) is -1.30. The molecule has 0 amide bonds. The zero-order valence-electron chi connectivity index (χ0n) is 10.9. The molecule has 0 saturated carbocycles. The minimum Gasteiger partial charge on any atom is -0.494 e. The number of carbonyl (C=O) groups excluding carboxylic acids is 2. The van der Waals surface area contributed by atoms with Gasteiger partial charge in [0.2, 0.25) is 0 Å². The molecule has 0 bridgehead atoms. The van der Waals surface area contributed by atoms with Gasteiger partial charge in [-0.15, -0.1) is 0 Å². The number of Topliss-reactive ketones (excluding diaryl/α,β-unsaturated/α-hetero) is 1. The SMILES string of the molecule is COc1cccc(CC2(C(C)=O)CCOC2=O)c1F. The quantitative estimate of drug-likeness (QED) is 0.617. The topological polar surface area (TPSA) is 52.6 Å². The number of methoxy groups -OCH3 is 1. The number of benzene rings is 1. The third kappa shape index (κ3) is 2.20. The Hall–Kier alpha value is -1.91. The fraction of sp³-hybridized carbons (Fsp3) is 0.429. The van der Waals surface area contributed by atoms with E-state index in [9.17, 15) is 14.0 Å². The molecule has 0 aliphatic carbocycles. The lowest BCUT2D eigenvalue weighted by Gasteiger charge is -2.21. The molecule has 1 aromatic rings. The zero-order chi connectivity index (χ0) is 14.0. The van der Waals surface area contributed by atoms with Crippen LogP contribution in [0.2, 0.25) is 0 Å². The minimum atomic E-state index is -1.26. The van der Waals surface area contributed by atoms with Crippen molar-refractivity contribution in [3.63, 3.8) is 0 Å². The summed E-state index contributed by atoms with van der Waals surface area (Å²) < 4.78 is 23.9. The maximum absolute atomic E-state index is 14.1. The predicted octanol–water partition coefficient (Wildman–Crippen LogP) is 1.90. The number of halogens is 1. The predicted molar refractivity (Wildman–Crippen MR) is 65.3 cm³/mol. The van der Waals surface area contributed by atoms with Crippen LogP contribution >= 0.6 is 0 Å². The van der Waals surface area contributed by atoms with E-state index in [2.05, 4.69) is 0 Å². The van der Waals surface area contributed by atoms with E-state index in [1.807, 2.05) is 0 Å². The van der Waals surface area contributed by atoms with Crippen molar-refractivity contribution >= 4 is 11.8 Å². The maximum atomic E-state index is 14.1. The molecule has 19 heavy (non-hydrogen) atoms. The molecule has 5 heteroatoms. The molecule has 1 aliphatic heterocycles. The fourth-order valence-electron chi connectivity index (χ4n) is 2.34. The van der Waals surface area contributed by atoms with E-state index >= 15 is 0 Å². The monoisotopic (exact) mass is 266 g/mol. The molecule has 0 N–H and O–H groups in total. The summed E-state index contributed by atoms with van der Waals surface area (Å²) in [5.41, 5.74) is -0.971. The summed E-state index contributed by atoms with van der Waals surface area (Å²) in [7, 11) is 1.37. The van der Waals surface area contributed by atoms with E-state index in [1.54, 1.807) is 12.1 Å². The third-order valence-corrected chi connectivity index (χ3v) is 3.58. The Kier molecular flexibility index (Phi) is 3.55. The Balaban J connectivity index is 2.39. The first-order valence-electron chi connectivity index (χ1n) is 6.01. The molecule has 102 valence electrons. The number of cyclic esters (lactones) is 1. The summed E-state index contributed by atoms with van der Waals surface area (Å²) in [6.07, 6.45) is 0.294. The van der Waals surface area contributed by atoms with Gasteiger partial charge in [-0.1, -0.05) is 12.1 Å². The summed E-state index contributed by atoms with van der Waals surface area (Å²) in [5, 5.41) is 0. The van der Waals surface area contributed by atoms with E-state index in [-0.39, 0.29) is 36.5 Å². The number of esters is 1. The first kappa shape index (κ1) is 13.5. The number of hydrogen-bond acceptors (Lipinski definition) is 4. The van der Waals surface area contributed by atoms with Crippen molar-refractivity contribution in [1.29, 1.82) is 0 Å². The Bertz CT molecular complexity index is 526. The largest absolute Gasteiger partial charge is 0.494 e. The molecule has 1 aliphatic rings. The van der Waals surface area contributed by atoms with Crippen LogP contribution in [0.15, 0.2) is 18.2 Å². The lowest BCUT2D eigenvalue weighted by Crippen LogP contribution is -2.36. The average Bonchev–Trinajstić information content (AvgIpc) is 2.75. The molecule has 1 aromatic carbocycles. The Morgan fingerprint density at radius 1 is 1.53 bits per heavy atom. The molecule has 1 atom stereocenters. The standard InChI is InChI=1S/C14H15FO4/c1-9(16)14(6-7-19-13(14)17)8-10-4-3-5-11(18-2)12(10)15/h3-5H,6-8H2,1-2H3. The van der Waals surface area contributed by atoms with Gasteiger partial charge in [0.05, 0.1) is 13.7 Å². The number of hydrogen-bond donors (Lipinski definition) is 0. The smallest absolute Gasteiger partial charge is 0.320 e. The van der Waals surface area contributed by atoms with Crippen molar-refractivity contribution in [1.82, 2.24) is 0 Å². The van der Waals surface area contributed by atoms with Crippen molar-refractivity contribution in [2.24, 2.45) is 5.41 Å². The molecule has 1 unspecified atom stereocenters. The third-order valence-electron chi connectivity index (χ3n) is 3.58. The van der Waals surface area contributed by atoms with Crippen LogP contribution in [0.3, 0.4) is 0 Å². The van der Waals surface area contributed by atoms with Gasteiger partial charge in [-0.2, -0.15) is 0 Å². The van der Waals surface area contributed by atoms with Crippen molar-refractivity contribution in [2.75, 3.05) is 13.7 Å². The van der Waals surface area contributed by atoms with Crippen LogP contribution in [0.1, 0.15) is 18.9 Å². The van der Waals surface area contributed by atoms with Crippen LogP contribution in [-0.2, 0) is 20.7 Å². The van der Waals surface area contributed by atoms with Crippen LogP contribution in [0, 0.1) is 11.2 Å². The van der Waals surface area contributed by atoms with Gasteiger partial charge in [0.25, 0.3) is 0 Å². The van der Waals surface area contributed by atoms with Gasteiger partial charge in [0.15, 0.2) is 11.6 Å². The van der Waals surface area contributed by atoms with Crippen molar-refractivity contribution in [2.45, 2.75) is 19.8 Å². The number of ether oxygens (including phenoxy) is 2. The van der Waals surface area contributed by atoms with Crippen molar-refractivity contribution in [3.8, 4) is 5.75 Å². The van der Waals surface area contributed by atoms with Crippen LogP contribution in [0.5, 0.6) is 5.75 Å². The van der Waals surface area contributed by atoms with E-state index < -0.39 is 17.2 Å². The number of rotatable bonds is 4. The second-order valence-electron chi connectivity index (χ2n) is 4.63. The zero-order valence-corrected chi connectivity index (χ0v) is 10.9. The second kappa shape index (κ2) is 4.99. The van der Waals surface area contributed by atoms with Crippen LogP contribution in [-0.4, -0.2) is 25.5 Å². The number of carbonyl (C=O) groups is 2. The highest BCUT2D eigenvalue weighted by molar-refractivity contribution is 6.04. The van der Waals surface area contributed by atoms with Crippen molar-refractivity contribution < 1.29 is 23.5 Å². The van der Waals surface area contributed by atoms with Gasteiger partial charge in [-0.3, -0.25) is 9.59 Å². The highest BCUT2D eigenvalue weighted by atomic mass is 19.1. The first-order chi connectivity index (χ1) is 9.01. The molecule has 1 heterocycles. The Labute approximate surface area is 110 Å². The summed E-state index contributed by atoms with van der Waals surface area (Å²) in [6.45, 7) is 1.54. The molecule has 1 saturated heterocycles. The average molecular weight is 266 g/mol. The van der Waals surface area contributed by atoms with Crippen molar-refractivity contribution in [3.05, 3.63) is 29.6 Å². The summed E-state index contributed by atoms with van der Waals surface area (Å²) in [4.78, 5) is 23.6. The van der Waals surface area contributed by atoms with E-state index in [1.165, 1.54) is 20.1 Å². The summed E-state index contributed by atoms with van der Waals surface area (Å²) >= 11 is 0. The highest BCUT2D eigenvalue weighted by Gasteiger charge is 2.49. The fourth-order valence-corrected chi connectivity index (χ4v) is 2.34. The van der Waals surface area contributed by atoms with Crippen LogP contribution in [0.4, 0.5) is 4.39 Å². The summed E-state index contributed by atoms with van der Waals surface area (Å²) in [6, 6.07) is 4.67. The maximum Gasteiger partial charge on any atom is 0.320 e. The van der Waals surface area contributed by atoms with Crippen LogP contribution < -0.4 is 4.74 Å².